The third-order valence-corrected chi connectivity index (χ3v) is 7.15. The molecule has 0 spiro atoms. The molecule has 1 aromatic heterocycles. The van der Waals surface area contributed by atoms with Gasteiger partial charge in [0, 0.05) is 9.79 Å². The van der Waals surface area contributed by atoms with E-state index < -0.39 is 8.07 Å². The number of rotatable bonds is 2. The fourth-order valence-electron chi connectivity index (χ4n) is 2.91. The lowest BCUT2D eigenvalue weighted by atomic mass is 10.0. The van der Waals surface area contributed by atoms with Crippen LogP contribution in [0.1, 0.15) is 4.88 Å². The highest BCUT2D eigenvalue weighted by Crippen LogP contribution is 2.41. The first-order valence-corrected chi connectivity index (χ1v) is 13.9. The Balaban J connectivity index is 1.87. The van der Waals surface area contributed by atoms with Gasteiger partial charge in [0.25, 0.3) is 0 Å². The Kier molecular flexibility index (Phi) is 4.66. The number of thiophene rings is 1. The van der Waals surface area contributed by atoms with E-state index >= 15 is 0 Å². The highest BCUT2D eigenvalue weighted by atomic mass is 32.2. The highest BCUT2D eigenvalue weighted by Gasteiger charge is 2.13. The maximum absolute atomic E-state index is 3.51. The van der Waals surface area contributed by atoms with Gasteiger partial charge in [0.05, 0.1) is 4.88 Å². The largest absolute Gasteiger partial charge is 0.134 e. The predicted octanol–water partition coefficient (Wildman–Crippen LogP) is 7.43. The zero-order valence-corrected chi connectivity index (χ0v) is 17.8. The van der Waals surface area contributed by atoms with Crippen molar-refractivity contribution in [3.63, 3.8) is 0 Å². The number of benzene rings is 3. The van der Waals surface area contributed by atoms with Crippen LogP contribution in [0.4, 0.5) is 0 Å². The Labute approximate surface area is 164 Å². The van der Waals surface area contributed by atoms with Gasteiger partial charge in [-0.25, -0.2) is 0 Å². The second-order valence-corrected chi connectivity index (χ2v) is 14.1. The fraction of sp³-hybridized carbons (Fsp3) is 0.130. The molecule has 0 N–H and O–H groups in total. The summed E-state index contributed by atoms with van der Waals surface area (Å²) >= 11 is 3.60. The molecule has 0 aliphatic carbocycles. The van der Waals surface area contributed by atoms with Gasteiger partial charge in [-0.15, -0.1) is 16.9 Å². The Morgan fingerprint density at radius 1 is 0.846 bits per heavy atom. The maximum atomic E-state index is 3.51. The molecule has 0 atom stereocenters. The van der Waals surface area contributed by atoms with Crippen LogP contribution in [0.3, 0.4) is 0 Å². The first-order chi connectivity index (χ1) is 12.5. The third kappa shape index (κ3) is 3.59. The quantitative estimate of drug-likeness (QED) is 0.195. The lowest BCUT2D eigenvalue weighted by Gasteiger charge is -2.11. The third-order valence-electron chi connectivity index (χ3n) is 4.11. The molecule has 0 nitrogen and oxygen atoms in total. The minimum Gasteiger partial charge on any atom is -0.134 e. The van der Waals surface area contributed by atoms with Gasteiger partial charge in [0.2, 0.25) is 0 Å². The van der Waals surface area contributed by atoms with Gasteiger partial charge in [-0.05, 0) is 39.1 Å². The zero-order valence-electron chi connectivity index (χ0n) is 15.2. The minimum atomic E-state index is -1.38. The molecule has 0 aliphatic heterocycles. The summed E-state index contributed by atoms with van der Waals surface area (Å²) in [6.07, 6.45) is 0. The molecule has 128 valence electrons. The highest BCUT2D eigenvalue weighted by molar-refractivity contribution is 8.00. The lowest BCUT2D eigenvalue weighted by Crippen LogP contribution is -2.16. The summed E-state index contributed by atoms with van der Waals surface area (Å²) in [6, 6.07) is 21.8. The lowest BCUT2D eigenvalue weighted by molar-refractivity contribution is 1.51. The van der Waals surface area contributed by atoms with Crippen LogP contribution in [0.2, 0.25) is 19.6 Å². The fourth-order valence-corrected chi connectivity index (χ4v) is 5.58. The van der Waals surface area contributed by atoms with E-state index in [1.54, 1.807) is 11.3 Å². The van der Waals surface area contributed by atoms with Gasteiger partial charge in [-0.2, -0.15) is 0 Å². The monoisotopic (exact) mass is 388 g/mol. The van der Waals surface area contributed by atoms with Gasteiger partial charge in [0.1, 0.15) is 8.07 Å². The van der Waals surface area contributed by atoms with E-state index in [2.05, 4.69) is 97.1 Å². The van der Waals surface area contributed by atoms with E-state index in [1.165, 1.54) is 36.2 Å². The minimum absolute atomic E-state index is 1.19. The SMILES string of the molecule is C[Si](C)(C)C#Cc1sccc1Sc1c2ccccc2cc2ccccc12. The van der Waals surface area contributed by atoms with E-state index in [4.69, 9.17) is 0 Å². The first-order valence-electron chi connectivity index (χ1n) is 8.70. The zero-order chi connectivity index (χ0) is 18.1. The van der Waals surface area contributed by atoms with E-state index in [-0.39, 0.29) is 0 Å². The van der Waals surface area contributed by atoms with Crippen molar-refractivity contribution >= 4 is 52.7 Å². The average Bonchev–Trinajstić information content (AvgIpc) is 3.06. The normalized spacial score (nSPS) is 11.5. The molecule has 0 amide bonds. The molecule has 0 radical (unpaired) electrons. The Hall–Kier alpha value is -1.99. The Morgan fingerprint density at radius 2 is 1.46 bits per heavy atom. The summed E-state index contributed by atoms with van der Waals surface area (Å²) < 4.78 is 0. The average molecular weight is 389 g/mol. The summed E-state index contributed by atoms with van der Waals surface area (Å²) in [5.41, 5.74) is 3.51. The molecule has 3 aromatic carbocycles. The molecule has 26 heavy (non-hydrogen) atoms. The molecule has 3 heteroatoms. The van der Waals surface area contributed by atoms with Crippen LogP contribution in [-0.2, 0) is 0 Å². The summed E-state index contributed by atoms with van der Waals surface area (Å²) in [4.78, 5) is 3.78. The van der Waals surface area contributed by atoms with Gasteiger partial charge < -0.3 is 0 Å². The van der Waals surface area contributed by atoms with Crippen molar-refractivity contribution in [2.75, 3.05) is 0 Å². The van der Waals surface area contributed by atoms with Crippen molar-refractivity contribution in [3.05, 3.63) is 70.9 Å². The molecule has 0 unspecified atom stereocenters. The predicted molar refractivity (Wildman–Crippen MR) is 120 cm³/mol. The molecule has 4 aromatic rings. The van der Waals surface area contributed by atoms with Gasteiger partial charge in [-0.3, -0.25) is 0 Å². The van der Waals surface area contributed by atoms with E-state index in [0.29, 0.717) is 0 Å². The number of hydrogen-bond donors (Lipinski definition) is 0. The van der Waals surface area contributed by atoms with E-state index in [0.717, 1.165) is 0 Å². The second kappa shape index (κ2) is 6.96. The van der Waals surface area contributed by atoms with Crippen molar-refractivity contribution in [2.24, 2.45) is 0 Å². The summed E-state index contributed by atoms with van der Waals surface area (Å²) in [5, 5.41) is 7.36. The van der Waals surface area contributed by atoms with Crippen LogP contribution in [0.5, 0.6) is 0 Å². The molecular weight excluding hydrogens is 368 g/mol. The summed E-state index contributed by atoms with van der Waals surface area (Å²) in [7, 11) is -1.38. The van der Waals surface area contributed by atoms with Gasteiger partial charge in [-0.1, -0.05) is 85.9 Å². The molecule has 0 fully saturated rings. The van der Waals surface area contributed by atoms with Crippen molar-refractivity contribution in [1.29, 1.82) is 0 Å². The van der Waals surface area contributed by atoms with Crippen molar-refractivity contribution < 1.29 is 0 Å². The number of fused-ring (bicyclic) bond motifs is 2. The first kappa shape index (κ1) is 17.4. The van der Waals surface area contributed by atoms with Crippen LogP contribution >= 0.6 is 23.1 Å². The van der Waals surface area contributed by atoms with Crippen molar-refractivity contribution in [1.82, 2.24) is 0 Å². The van der Waals surface area contributed by atoms with E-state index in [1.807, 2.05) is 11.8 Å². The Bertz CT molecular complexity index is 1100. The summed E-state index contributed by atoms with van der Waals surface area (Å²) in [6.45, 7) is 6.87. The van der Waals surface area contributed by atoms with Gasteiger partial charge >= 0.3 is 0 Å². The summed E-state index contributed by atoms with van der Waals surface area (Å²) in [5.74, 6) is 3.46. The molecule has 0 aliphatic rings. The molecule has 0 bridgehead atoms. The molecule has 0 saturated heterocycles. The topological polar surface area (TPSA) is 0 Å². The molecule has 1 heterocycles. The molecule has 0 saturated carbocycles. The molecule has 4 rings (SSSR count). The second-order valence-electron chi connectivity index (χ2n) is 7.36. The smallest absolute Gasteiger partial charge is 0.129 e. The standard InChI is InChI=1S/C23H20S2Si/c1-26(2,3)15-13-21-22(12-14-24-21)25-23-19-10-6-4-8-17(19)16-18-9-5-7-11-20(18)23/h4-12,14,16H,1-3H3. The van der Waals surface area contributed by atoms with Crippen LogP contribution in [0, 0.1) is 11.5 Å². The maximum Gasteiger partial charge on any atom is 0.129 e. The van der Waals surface area contributed by atoms with Crippen LogP contribution in [0.25, 0.3) is 21.5 Å². The van der Waals surface area contributed by atoms with Gasteiger partial charge in [0.15, 0.2) is 0 Å². The van der Waals surface area contributed by atoms with Crippen LogP contribution in [0.15, 0.2) is 75.8 Å². The van der Waals surface area contributed by atoms with Crippen LogP contribution < -0.4 is 0 Å². The molecular formula is C23H20S2Si. The van der Waals surface area contributed by atoms with Crippen molar-refractivity contribution in [3.8, 4) is 11.5 Å². The number of hydrogen-bond acceptors (Lipinski definition) is 2. The Morgan fingerprint density at radius 3 is 2.08 bits per heavy atom. The van der Waals surface area contributed by atoms with Crippen molar-refractivity contribution in [2.45, 2.75) is 29.4 Å². The van der Waals surface area contributed by atoms with Crippen LogP contribution in [-0.4, -0.2) is 8.07 Å². The van der Waals surface area contributed by atoms with E-state index in [9.17, 15) is 0 Å².